The van der Waals surface area contributed by atoms with E-state index < -0.39 is 11.0 Å². The van der Waals surface area contributed by atoms with Gasteiger partial charge in [-0.25, -0.2) is 0 Å². The summed E-state index contributed by atoms with van der Waals surface area (Å²) in [6.45, 7) is -0.283. The van der Waals surface area contributed by atoms with Crippen LogP contribution in [0.3, 0.4) is 0 Å². The first-order chi connectivity index (χ1) is 7.52. The first-order valence-corrected chi connectivity index (χ1v) is 4.60. The summed E-state index contributed by atoms with van der Waals surface area (Å²) in [6, 6.07) is 4.06. The van der Waals surface area contributed by atoms with Gasteiger partial charge < -0.3 is 21.3 Å². The first-order valence-electron chi connectivity index (χ1n) is 4.60. The largest absolute Gasteiger partial charge is 0.398 e. The molecule has 0 aliphatic carbocycles. The van der Waals surface area contributed by atoms with Crippen molar-refractivity contribution < 1.29 is 15.1 Å². The summed E-state index contributed by atoms with van der Waals surface area (Å²) in [6.07, 6.45) is -0.916. The Morgan fingerprint density at radius 2 is 2.19 bits per heavy atom. The van der Waals surface area contributed by atoms with Gasteiger partial charge in [-0.3, -0.25) is 10.1 Å². The average molecular weight is 227 g/mol. The highest BCUT2D eigenvalue weighted by Gasteiger charge is 2.09. The summed E-state index contributed by atoms with van der Waals surface area (Å²) in [5.74, 6) is 0. The van der Waals surface area contributed by atoms with Crippen molar-refractivity contribution in [3.8, 4) is 0 Å². The van der Waals surface area contributed by atoms with Crippen molar-refractivity contribution in [2.24, 2.45) is 0 Å². The Balaban J connectivity index is 2.76. The molecule has 7 nitrogen and oxygen atoms in total. The lowest BCUT2D eigenvalue weighted by Gasteiger charge is -2.10. The Kier molecular flexibility index (Phi) is 4.03. The van der Waals surface area contributed by atoms with Crippen LogP contribution in [-0.4, -0.2) is 34.4 Å². The number of anilines is 2. The van der Waals surface area contributed by atoms with Crippen LogP contribution in [-0.2, 0) is 0 Å². The Hall–Kier alpha value is -1.86. The van der Waals surface area contributed by atoms with Crippen LogP contribution in [0.15, 0.2) is 18.2 Å². The number of hydrogen-bond acceptors (Lipinski definition) is 6. The Morgan fingerprint density at radius 3 is 2.75 bits per heavy atom. The van der Waals surface area contributed by atoms with Crippen LogP contribution < -0.4 is 11.1 Å². The molecule has 0 spiro atoms. The highest BCUT2D eigenvalue weighted by atomic mass is 16.6. The van der Waals surface area contributed by atoms with E-state index in [1.54, 1.807) is 0 Å². The lowest BCUT2D eigenvalue weighted by atomic mass is 10.2. The standard InChI is InChI=1S/C9H13N3O4/c10-6-1-7(11-4-9(14)5-13)3-8(2-6)12(15)16/h1-3,9,11,13-14H,4-5,10H2. The number of hydrogen-bond donors (Lipinski definition) is 4. The number of rotatable bonds is 5. The maximum absolute atomic E-state index is 10.5. The fourth-order valence-electron chi connectivity index (χ4n) is 1.14. The average Bonchev–Trinajstić information content (AvgIpc) is 2.25. The zero-order valence-electron chi connectivity index (χ0n) is 8.46. The number of nitrogens with zero attached hydrogens (tertiary/aromatic N) is 1. The molecule has 16 heavy (non-hydrogen) atoms. The number of aliphatic hydroxyl groups is 2. The number of nitrogens with one attached hydrogen (secondary N) is 1. The second-order valence-corrected chi connectivity index (χ2v) is 3.29. The molecule has 0 amide bonds. The maximum atomic E-state index is 10.5. The van der Waals surface area contributed by atoms with Gasteiger partial charge in [-0.05, 0) is 6.07 Å². The van der Waals surface area contributed by atoms with Gasteiger partial charge in [-0.1, -0.05) is 0 Å². The monoisotopic (exact) mass is 227 g/mol. The highest BCUT2D eigenvalue weighted by Crippen LogP contribution is 2.22. The fraction of sp³-hybridized carbons (Fsp3) is 0.333. The van der Waals surface area contributed by atoms with Crippen molar-refractivity contribution >= 4 is 17.1 Å². The molecule has 0 radical (unpaired) electrons. The molecule has 0 heterocycles. The van der Waals surface area contributed by atoms with Crippen LogP contribution in [0, 0.1) is 10.1 Å². The summed E-state index contributed by atoms with van der Waals surface area (Å²) in [5.41, 5.74) is 6.04. The third-order valence-corrected chi connectivity index (χ3v) is 1.90. The summed E-state index contributed by atoms with van der Waals surface area (Å²) < 4.78 is 0. The third-order valence-electron chi connectivity index (χ3n) is 1.90. The zero-order valence-corrected chi connectivity index (χ0v) is 8.46. The van der Waals surface area contributed by atoms with Gasteiger partial charge in [0, 0.05) is 30.1 Å². The van der Waals surface area contributed by atoms with Gasteiger partial charge in [-0.2, -0.15) is 0 Å². The molecular formula is C9H13N3O4. The van der Waals surface area contributed by atoms with E-state index in [-0.39, 0.29) is 24.5 Å². The van der Waals surface area contributed by atoms with Gasteiger partial charge >= 0.3 is 0 Å². The van der Waals surface area contributed by atoms with Crippen LogP contribution in [0.1, 0.15) is 0 Å². The molecule has 0 saturated carbocycles. The Bertz CT molecular complexity index is 383. The van der Waals surface area contributed by atoms with Crippen LogP contribution in [0.2, 0.25) is 0 Å². The van der Waals surface area contributed by atoms with Gasteiger partial charge in [-0.15, -0.1) is 0 Å². The summed E-state index contributed by atoms with van der Waals surface area (Å²) in [7, 11) is 0. The predicted molar refractivity (Wildman–Crippen MR) is 59.1 cm³/mol. The van der Waals surface area contributed by atoms with E-state index in [4.69, 9.17) is 15.9 Å². The lowest BCUT2D eigenvalue weighted by molar-refractivity contribution is -0.384. The van der Waals surface area contributed by atoms with Gasteiger partial charge in [0.25, 0.3) is 5.69 Å². The van der Waals surface area contributed by atoms with E-state index >= 15 is 0 Å². The van der Waals surface area contributed by atoms with Crippen LogP contribution in [0.25, 0.3) is 0 Å². The van der Waals surface area contributed by atoms with Crippen LogP contribution >= 0.6 is 0 Å². The van der Waals surface area contributed by atoms with E-state index in [2.05, 4.69) is 5.32 Å². The third kappa shape index (κ3) is 3.37. The number of nitrogens with two attached hydrogens (primary N) is 1. The molecular weight excluding hydrogens is 214 g/mol. The van der Waals surface area contributed by atoms with E-state index in [1.165, 1.54) is 18.2 Å². The van der Waals surface area contributed by atoms with Gasteiger partial charge in [0.05, 0.1) is 17.6 Å². The minimum Gasteiger partial charge on any atom is -0.398 e. The topological polar surface area (TPSA) is 122 Å². The van der Waals surface area contributed by atoms with Crippen molar-refractivity contribution in [2.45, 2.75) is 6.10 Å². The minimum atomic E-state index is -0.916. The van der Waals surface area contributed by atoms with Crippen molar-refractivity contribution in [2.75, 3.05) is 24.2 Å². The van der Waals surface area contributed by atoms with Crippen molar-refractivity contribution in [1.29, 1.82) is 0 Å². The summed E-state index contributed by atoms with van der Waals surface area (Å²) >= 11 is 0. The van der Waals surface area contributed by atoms with E-state index in [1.807, 2.05) is 0 Å². The molecule has 7 heteroatoms. The number of nitro groups is 1. The molecule has 0 bridgehead atoms. The van der Waals surface area contributed by atoms with Gasteiger partial charge in [0.15, 0.2) is 0 Å². The molecule has 0 fully saturated rings. The van der Waals surface area contributed by atoms with Crippen LogP contribution in [0.5, 0.6) is 0 Å². The predicted octanol–water partition coefficient (Wildman–Crippen LogP) is -0.0579. The molecule has 0 aromatic heterocycles. The molecule has 0 aliphatic rings. The molecule has 1 rings (SSSR count). The molecule has 88 valence electrons. The molecule has 0 aliphatic heterocycles. The summed E-state index contributed by atoms with van der Waals surface area (Å²) in [5, 5.41) is 30.9. The summed E-state index contributed by atoms with van der Waals surface area (Å²) in [4.78, 5) is 9.98. The Labute approximate surface area is 91.7 Å². The Morgan fingerprint density at radius 1 is 1.50 bits per heavy atom. The van der Waals surface area contributed by atoms with E-state index in [9.17, 15) is 10.1 Å². The molecule has 0 saturated heterocycles. The van der Waals surface area contributed by atoms with Gasteiger partial charge in [0.2, 0.25) is 0 Å². The normalized spacial score (nSPS) is 12.1. The smallest absolute Gasteiger partial charge is 0.273 e. The number of non-ortho nitro benzene ring substituents is 1. The number of aliphatic hydroxyl groups excluding tert-OH is 2. The maximum Gasteiger partial charge on any atom is 0.273 e. The molecule has 1 unspecified atom stereocenters. The zero-order chi connectivity index (χ0) is 12.1. The lowest BCUT2D eigenvalue weighted by Crippen LogP contribution is -2.22. The highest BCUT2D eigenvalue weighted by molar-refractivity contribution is 5.61. The quantitative estimate of drug-likeness (QED) is 0.317. The van der Waals surface area contributed by atoms with Crippen LogP contribution in [0.4, 0.5) is 17.1 Å². The molecule has 1 aromatic rings. The van der Waals surface area contributed by atoms with Gasteiger partial charge in [0.1, 0.15) is 0 Å². The molecule has 1 atom stereocenters. The number of benzene rings is 1. The fourth-order valence-corrected chi connectivity index (χ4v) is 1.14. The van der Waals surface area contributed by atoms with Crippen molar-refractivity contribution in [1.82, 2.24) is 0 Å². The van der Waals surface area contributed by atoms with Crippen molar-refractivity contribution in [3.05, 3.63) is 28.3 Å². The minimum absolute atomic E-state index is 0.0944. The number of nitrogen functional groups attached to an aromatic ring is 1. The van der Waals surface area contributed by atoms with E-state index in [0.29, 0.717) is 5.69 Å². The first kappa shape index (κ1) is 12.2. The SMILES string of the molecule is Nc1cc(NCC(O)CO)cc([N+](=O)[O-])c1. The van der Waals surface area contributed by atoms with E-state index in [0.717, 1.165) is 0 Å². The molecule has 1 aromatic carbocycles. The number of nitro benzene ring substituents is 1. The molecule has 5 N–H and O–H groups in total. The second kappa shape index (κ2) is 5.29. The van der Waals surface area contributed by atoms with Crippen molar-refractivity contribution in [3.63, 3.8) is 0 Å². The second-order valence-electron chi connectivity index (χ2n) is 3.29.